The molecule has 6 nitrogen and oxygen atoms in total. The van der Waals surface area contributed by atoms with Crippen LogP contribution in [-0.4, -0.2) is 21.5 Å². The van der Waals surface area contributed by atoms with E-state index in [0.717, 1.165) is 61.4 Å². The van der Waals surface area contributed by atoms with Gasteiger partial charge < -0.3 is 9.97 Å². The number of carbonyl (C=O) groups excluding carboxylic acids is 2. The van der Waals surface area contributed by atoms with Crippen LogP contribution in [0.25, 0.3) is 102 Å². The number of ketones is 2. The molecule has 3 aliphatic rings. The van der Waals surface area contributed by atoms with Gasteiger partial charge in [-0.15, -0.1) is 22.1 Å². The van der Waals surface area contributed by atoms with Crippen molar-refractivity contribution >= 4 is 57.9 Å². The van der Waals surface area contributed by atoms with Crippen LogP contribution in [-0.2, 0) is 19.5 Å². The van der Waals surface area contributed by atoms with Gasteiger partial charge in [0.1, 0.15) is 0 Å². The summed E-state index contributed by atoms with van der Waals surface area (Å²) in [7, 11) is 0. The molecule has 59 heavy (non-hydrogen) atoms. The van der Waals surface area contributed by atoms with Crippen LogP contribution in [0, 0.1) is 0 Å². The number of carbonyl (C=O) groups is 2. The van der Waals surface area contributed by atoms with E-state index in [4.69, 9.17) is 19.9 Å². The molecule has 0 fully saturated rings. The van der Waals surface area contributed by atoms with E-state index in [2.05, 4.69) is 48.5 Å². The molecule has 7 heteroatoms. The van der Waals surface area contributed by atoms with Crippen LogP contribution >= 0.6 is 0 Å². The summed E-state index contributed by atoms with van der Waals surface area (Å²) < 4.78 is 0. The molecule has 11 rings (SSSR count). The molecule has 8 aromatic rings. The zero-order chi connectivity index (χ0) is 38.7. The van der Waals surface area contributed by atoms with E-state index < -0.39 is 11.6 Å². The van der Waals surface area contributed by atoms with Gasteiger partial charge in [0.05, 0.1) is 22.8 Å². The van der Waals surface area contributed by atoms with Crippen molar-refractivity contribution in [1.29, 1.82) is 0 Å². The van der Waals surface area contributed by atoms with Gasteiger partial charge in [-0.2, -0.15) is 0 Å². The molecule has 272 valence electrons. The molecule has 0 unspecified atom stereocenters. The summed E-state index contributed by atoms with van der Waals surface area (Å²) in [5.74, 6) is -1.08. The van der Waals surface area contributed by atoms with Crippen molar-refractivity contribution in [2.24, 2.45) is 0 Å². The van der Waals surface area contributed by atoms with Crippen molar-refractivity contribution < 1.29 is 29.1 Å². The quantitative estimate of drug-likeness (QED) is 0.130. The maximum atomic E-state index is 14.2. The maximum absolute atomic E-state index is 14.2. The van der Waals surface area contributed by atoms with Crippen molar-refractivity contribution in [3.8, 4) is 55.6 Å². The Kier molecular flexibility index (Phi) is 8.89. The van der Waals surface area contributed by atoms with Gasteiger partial charge in [-0.05, 0) is 79.9 Å². The molecule has 0 saturated carbocycles. The van der Waals surface area contributed by atoms with Crippen LogP contribution in [0.2, 0.25) is 0 Å². The molecule has 3 aromatic heterocycles. The van der Waals surface area contributed by atoms with Gasteiger partial charge in [0.2, 0.25) is 11.6 Å². The second-order valence-corrected chi connectivity index (χ2v) is 14.4. The number of aromatic nitrogens is 4. The minimum absolute atomic E-state index is 0. The number of Topliss-reactive ketones (excluding diaryl/α,β-unsaturated/α-hetero) is 2. The predicted molar refractivity (Wildman–Crippen MR) is 233 cm³/mol. The molecule has 5 aromatic carbocycles. The van der Waals surface area contributed by atoms with E-state index in [1.54, 1.807) is 12.1 Å². The largest absolute Gasteiger partial charge is 2.00 e. The van der Waals surface area contributed by atoms with Gasteiger partial charge in [0.15, 0.2) is 0 Å². The molecule has 0 saturated heterocycles. The molecule has 0 spiro atoms. The number of hydrogen-bond donors (Lipinski definition) is 0. The van der Waals surface area contributed by atoms with Crippen LogP contribution < -0.4 is 9.97 Å². The SMILES string of the molecule is O=C1C(=O)c2c(cccc2-c2c3nc(c(-c4ccccc4)c4ccc([n-]4)c(-c4ccccc4)c4nc(c(-c5ccccc5)c5ccc2[n-]5)C=C4)C=C3)-c2ccccc21.[Zn+2]. The van der Waals surface area contributed by atoms with E-state index in [1.807, 2.05) is 121 Å². The first kappa shape index (κ1) is 36.0. The monoisotopic (exact) mass is 806 g/mol. The molecular formula is C52H30N4O2Zn. The zero-order valence-corrected chi connectivity index (χ0v) is 34.6. The third-order valence-corrected chi connectivity index (χ3v) is 11.0. The van der Waals surface area contributed by atoms with E-state index in [0.29, 0.717) is 50.2 Å². The Labute approximate surface area is 352 Å². The minimum atomic E-state index is -0.553. The summed E-state index contributed by atoms with van der Waals surface area (Å²) in [6.45, 7) is 0. The molecule has 0 atom stereocenters. The molecule has 5 heterocycles. The van der Waals surface area contributed by atoms with Gasteiger partial charge in [-0.3, -0.25) is 9.59 Å². The van der Waals surface area contributed by atoms with Crippen LogP contribution in [0.5, 0.6) is 0 Å². The standard InChI is InChI=1S/C52H32N4O2.Zn/c57-51-36-20-11-10-19-34(36)35-21-12-22-37(49(35)52(51)58)50-44-29-27-42(55-44)47(32-15-6-2-7-16-32)40-25-23-38(53-40)46(31-13-4-1-5-14-31)39-24-26-41(54-39)48(33-17-8-3-9-18-33)43-28-30-45(50)56-43;/h1-30H,(H2,53,54,55,56,57,58);/q;+2/p-2. The topological polar surface area (TPSA) is 88.1 Å². The Morgan fingerprint density at radius 1 is 0.305 bits per heavy atom. The fourth-order valence-electron chi connectivity index (χ4n) is 8.45. The Bertz CT molecular complexity index is 3220. The van der Waals surface area contributed by atoms with Gasteiger partial charge >= 0.3 is 19.5 Å². The first-order valence-corrected chi connectivity index (χ1v) is 19.1. The number of fused-ring (bicyclic) bond motifs is 11. The summed E-state index contributed by atoms with van der Waals surface area (Å²) >= 11 is 0. The van der Waals surface area contributed by atoms with Gasteiger partial charge in [0.25, 0.3) is 0 Å². The number of rotatable bonds is 4. The average molecular weight is 808 g/mol. The van der Waals surface area contributed by atoms with Gasteiger partial charge in [-0.1, -0.05) is 158 Å². The Hall–Kier alpha value is -7.34. The van der Waals surface area contributed by atoms with Crippen LogP contribution in [0.4, 0.5) is 0 Å². The molecule has 0 N–H and O–H groups in total. The second-order valence-electron chi connectivity index (χ2n) is 14.4. The Balaban J connectivity index is 0.00000420. The van der Waals surface area contributed by atoms with Crippen molar-refractivity contribution in [2.45, 2.75) is 0 Å². The van der Waals surface area contributed by atoms with Crippen LogP contribution in [0.3, 0.4) is 0 Å². The molecular weight excluding hydrogens is 778 g/mol. The molecule has 8 bridgehead atoms. The zero-order valence-electron chi connectivity index (χ0n) is 31.6. The maximum Gasteiger partial charge on any atom is 2.00 e. The molecule has 2 aliphatic heterocycles. The smallest absolute Gasteiger partial charge is 0.657 e. The van der Waals surface area contributed by atoms with Crippen LogP contribution in [0.1, 0.15) is 43.5 Å². The first-order chi connectivity index (χ1) is 28.6. The minimum Gasteiger partial charge on any atom is -0.657 e. The van der Waals surface area contributed by atoms with E-state index in [-0.39, 0.29) is 19.5 Å². The van der Waals surface area contributed by atoms with E-state index in [9.17, 15) is 9.59 Å². The third-order valence-electron chi connectivity index (χ3n) is 11.0. The normalized spacial score (nSPS) is 12.5. The second kappa shape index (κ2) is 14.6. The van der Waals surface area contributed by atoms with Gasteiger partial charge in [0, 0.05) is 11.1 Å². The van der Waals surface area contributed by atoms with Crippen molar-refractivity contribution in [3.05, 3.63) is 192 Å². The van der Waals surface area contributed by atoms with Crippen LogP contribution in [0.15, 0.2) is 158 Å². The number of benzene rings is 5. The number of nitrogens with zero attached hydrogens (tertiary/aromatic N) is 4. The fourth-order valence-corrected chi connectivity index (χ4v) is 8.45. The van der Waals surface area contributed by atoms with E-state index >= 15 is 0 Å². The summed E-state index contributed by atoms with van der Waals surface area (Å²) in [6, 6.07) is 51.6. The third kappa shape index (κ3) is 5.98. The summed E-state index contributed by atoms with van der Waals surface area (Å²) in [6.07, 6.45) is 8.07. The number of hydrogen-bond acceptors (Lipinski definition) is 4. The fraction of sp³-hybridized carbons (Fsp3) is 0. The summed E-state index contributed by atoms with van der Waals surface area (Å²) in [5, 5.41) is 0. The molecule has 0 amide bonds. The Morgan fingerprint density at radius 2 is 0.661 bits per heavy atom. The van der Waals surface area contributed by atoms with Crippen molar-refractivity contribution in [3.63, 3.8) is 0 Å². The van der Waals surface area contributed by atoms with E-state index in [1.165, 1.54) is 0 Å². The summed E-state index contributed by atoms with van der Waals surface area (Å²) in [5.41, 5.74) is 14.8. The van der Waals surface area contributed by atoms with Gasteiger partial charge in [-0.25, -0.2) is 9.97 Å². The van der Waals surface area contributed by atoms with Crippen molar-refractivity contribution in [2.75, 3.05) is 0 Å². The predicted octanol–water partition coefficient (Wildman–Crippen LogP) is 11.6. The average Bonchev–Trinajstić information content (AvgIpc) is 4.12. The van der Waals surface area contributed by atoms with Crippen molar-refractivity contribution in [1.82, 2.24) is 19.9 Å². The summed E-state index contributed by atoms with van der Waals surface area (Å²) in [4.78, 5) is 49.3. The Morgan fingerprint density at radius 3 is 1.12 bits per heavy atom. The molecule has 1 aliphatic carbocycles. The molecule has 0 radical (unpaired) electrons. The first-order valence-electron chi connectivity index (χ1n) is 19.1.